The highest BCUT2D eigenvalue weighted by atomic mass is 32.2. The van der Waals surface area contributed by atoms with Crippen LogP contribution in [0, 0.1) is 5.82 Å². The molecule has 0 heterocycles. The van der Waals surface area contributed by atoms with E-state index in [-0.39, 0.29) is 5.82 Å². The fraction of sp³-hybridized carbons (Fsp3) is 0.278. The summed E-state index contributed by atoms with van der Waals surface area (Å²) < 4.78 is 23.9. The molecular weight excluding hydrogens is 341 g/mol. The summed E-state index contributed by atoms with van der Waals surface area (Å²) in [4.78, 5) is 4.27. The number of halogens is 1. The Kier molecular flexibility index (Phi) is 7.40. The standard InChI is InChI=1S/C18H22FN3O2S/c1-23-16-8-7-14(11-17(16)24-2)22-18(20)21-9-10-25-12-13-5-3-4-6-15(13)19/h3-8,11H,9-10,12H2,1-2H3,(H3,20,21,22). The molecule has 0 saturated heterocycles. The topological polar surface area (TPSA) is 68.9 Å². The van der Waals surface area contributed by atoms with Gasteiger partial charge in [0.05, 0.1) is 20.8 Å². The first-order chi connectivity index (χ1) is 12.1. The van der Waals surface area contributed by atoms with Crippen molar-refractivity contribution in [2.75, 3.05) is 31.8 Å². The van der Waals surface area contributed by atoms with Gasteiger partial charge >= 0.3 is 0 Å². The van der Waals surface area contributed by atoms with Gasteiger partial charge in [-0.1, -0.05) is 18.2 Å². The Hall–Kier alpha value is -2.41. The van der Waals surface area contributed by atoms with Crippen LogP contribution in [0.4, 0.5) is 10.1 Å². The largest absolute Gasteiger partial charge is 0.493 e. The molecule has 0 atom stereocenters. The van der Waals surface area contributed by atoms with Gasteiger partial charge in [-0.05, 0) is 23.8 Å². The number of guanidine groups is 1. The predicted molar refractivity (Wildman–Crippen MR) is 102 cm³/mol. The number of anilines is 1. The van der Waals surface area contributed by atoms with E-state index in [9.17, 15) is 4.39 Å². The maximum atomic E-state index is 13.5. The number of rotatable bonds is 8. The molecule has 0 unspecified atom stereocenters. The van der Waals surface area contributed by atoms with E-state index in [2.05, 4.69) is 10.3 Å². The van der Waals surface area contributed by atoms with Crippen LogP contribution in [-0.4, -0.2) is 32.5 Å². The minimum absolute atomic E-state index is 0.173. The van der Waals surface area contributed by atoms with E-state index in [0.29, 0.717) is 35.3 Å². The highest BCUT2D eigenvalue weighted by Gasteiger charge is 2.05. The molecule has 3 N–H and O–H groups in total. The van der Waals surface area contributed by atoms with Crippen molar-refractivity contribution in [3.63, 3.8) is 0 Å². The molecule has 0 aliphatic carbocycles. The number of aliphatic imine (C=N–C) groups is 1. The first-order valence-corrected chi connectivity index (χ1v) is 8.89. The molecule has 2 aromatic rings. The van der Waals surface area contributed by atoms with Crippen LogP contribution in [0.1, 0.15) is 5.56 Å². The van der Waals surface area contributed by atoms with Gasteiger partial charge in [-0.15, -0.1) is 0 Å². The molecule has 25 heavy (non-hydrogen) atoms. The van der Waals surface area contributed by atoms with Crippen LogP contribution in [0.15, 0.2) is 47.5 Å². The van der Waals surface area contributed by atoms with Gasteiger partial charge in [0.2, 0.25) is 0 Å². The van der Waals surface area contributed by atoms with Gasteiger partial charge in [0.15, 0.2) is 17.5 Å². The van der Waals surface area contributed by atoms with Gasteiger partial charge in [-0.25, -0.2) is 4.39 Å². The van der Waals surface area contributed by atoms with E-state index in [1.54, 1.807) is 50.2 Å². The maximum Gasteiger partial charge on any atom is 0.193 e. The number of hydrogen-bond acceptors (Lipinski definition) is 4. The lowest BCUT2D eigenvalue weighted by atomic mass is 10.2. The summed E-state index contributed by atoms with van der Waals surface area (Å²) in [6.45, 7) is 0.547. The zero-order chi connectivity index (χ0) is 18.1. The van der Waals surface area contributed by atoms with Gasteiger partial charge in [-0.2, -0.15) is 11.8 Å². The monoisotopic (exact) mass is 363 g/mol. The van der Waals surface area contributed by atoms with Crippen molar-refractivity contribution in [1.29, 1.82) is 0 Å². The van der Waals surface area contributed by atoms with Crippen molar-refractivity contribution < 1.29 is 13.9 Å². The van der Waals surface area contributed by atoms with Gasteiger partial charge in [0, 0.05) is 23.3 Å². The third-order valence-electron chi connectivity index (χ3n) is 3.39. The van der Waals surface area contributed by atoms with Crippen molar-refractivity contribution in [3.8, 4) is 11.5 Å². The number of benzene rings is 2. The van der Waals surface area contributed by atoms with Crippen LogP contribution >= 0.6 is 11.8 Å². The first kappa shape index (κ1) is 18.9. The highest BCUT2D eigenvalue weighted by molar-refractivity contribution is 7.98. The summed E-state index contributed by atoms with van der Waals surface area (Å²) in [5, 5.41) is 3.01. The number of nitrogens with one attached hydrogen (secondary N) is 1. The Balaban J connectivity index is 1.79. The molecule has 7 heteroatoms. The van der Waals surface area contributed by atoms with Crippen LogP contribution < -0.4 is 20.5 Å². The van der Waals surface area contributed by atoms with Crippen LogP contribution in [0.3, 0.4) is 0 Å². The van der Waals surface area contributed by atoms with Crippen molar-refractivity contribution in [1.82, 2.24) is 0 Å². The summed E-state index contributed by atoms with van der Waals surface area (Å²) in [5.41, 5.74) is 7.35. The van der Waals surface area contributed by atoms with E-state index in [0.717, 1.165) is 11.4 Å². The van der Waals surface area contributed by atoms with Crippen molar-refractivity contribution in [2.24, 2.45) is 10.7 Å². The van der Waals surface area contributed by atoms with Crippen LogP contribution in [0.2, 0.25) is 0 Å². The average molecular weight is 363 g/mol. The van der Waals surface area contributed by atoms with Gasteiger partial charge < -0.3 is 20.5 Å². The second-order valence-corrected chi connectivity index (χ2v) is 6.21. The van der Waals surface area contributed by atoms with Crippen LogP contribution in [0.25, 0.3) is 0 Å². The molecular formula is C18H22FN3O2S. The number of thioether (sulfide) groups is 1. The predicted octanol–water partition coefficient (Wildman–Crippen LogP) is 3.50. The third kappa shape index (κ3) is 5.86. The average Bonchev–Trinajstić information content (AvgIpc) is 2.62. The zero-order valence-electron chi connectivity index (χ0n) is 14.3. The van der Waals surface area contributed by atoms with Crippen molar-refractivity contribution in [2.45, 2.75) is 5.75 Å². The Morgan fingerprint density at radius 3 is 2.64 bits per heavy atom. The Morgan fingerprint density at radius 1 is 1.16 bits per heavy atom. The summed E-state index contributed by atoms with van der Waals surface area (Å²) in [6.07, 6.45) is 0. The fourth-order valence-corrected chi connectivity index (χ4v) is 2.95. The van der Waals surface area contributed by atoms with Crippen LogP contribution in [0.5, 0.6) is 11.5 Å². The highest BCUT2D eigenvalue weighted by Crippen LogP contribution is 2.29. The molecule has 0 bridgehead atoms. The number of ether oxygens (including phenoxy) is 2. The molecule has 0 aliphatic rings. The second kappa shape index (κ2) is 9.78. The van der Waals surface area contributed by atoms with E-state index in [1.165, 1.54) is 6.07 Å². The van der Waals surface area contributed by atoms with Gasteiger partial charge in [0.25, 0.3) is 0 Å². The lowest BCUT2D eigenvalue weighted by molar-refractivity contribution is 0.355. The Bertz CT molecular complexity index is 725. The third-order valence-corrected chi connectivity index (χ3v) is 4.38. The second-order valence-electron chi connectivity index (χ2n) is 5.11. The normalized spacial score (nSPS) is 11.2. The molecule has 0 aromatic heterocycles. The van der Waals surface area contributed by atoms with Crippen LogP contribution in [-0.2, 0) is 5.75 Å². The first-order valence-electron chi connectivity index (χ1n) is 7.74. The maximum absolute atomic E-state index is 13.5. The smallest absolute Gasteiger partial charge is 0.193 e. The summed E-state index contributed by atoms with van der Waals surface area (Å²) in [6, 6.07) is 12.2. The van der Waals surface area contributed by atoms with E-state index >= 15 is 0 Å². The Labute approximate surface area is 151 Å². The molecule has 2 aromatic carbocycles. The molecule has 5 nitrogen and oxygen atoms in total. The summed E-state index contributed by atoms with van der Waals surface area (Å²) in [7, 11) is 3.16. The SMILES string of the molecule is COc1ccc(NC(N)=NCCSCc2ccccc2F)cc1OC. The summed E-state index contributed by atoms with van der Waals surface area (Å²) >= 11 is 1.61. The van der Waals surface area contributed by atoms with Gasteiger partial charge in [0.1, 0.15) is 5.82 Å². The lowest BCUT2D eigenvalue weighted by Crippen LogP contribution is -2.23. The Morgan fingerprint density at radius 2 is 1.92 bits per heavy atom. The quantitative estimate of drug-likeness (QED) is 0.427. The van der Waals surface area contributed by atoms with E-state index in [1.807, 2.05) is 12.1 Å². The molecule has 0 spiro atoms. The number of nitrogens with two attached hydrogens (primary N) is 1. The molecule has 0 fully saturated rings. The number of nitrogens with zero attached hydrogens (tertiary/aromatic N) is 1. The molecule has 134 valence electrons. The van der Waals surface area contributed by atoms with Gasteiger partial charge in [-0.3, -0.25) is 4.99 Å². The van der Waals surface area contributed by atoms with E-state index in [4.69, 9.17) is 15.2 Å². The molecule has 0 radical (unpaired) electrons. The number of methoxy groups -OCH3 is 2. The minimum atomic E-state index is -0.173. The zero-order valence-corrected chi connectivity index (χ0v) is 15.1. The van der Waals surface area contributed by atoms with Crippen molar-refractivity contribution >= 4 is 23.4 Å². The molecule has 2 rings (SSSR count). The summed E-state index contributed by atoms with van der Waals surface area (Å²) in [5.74, 6) is 2.77. The molecule has 0 saturated carbocycles. The fourth-order valence-electron chi connectivity index (χ4n) is 2.13. The lowest BCUT2D eigenvalue weighted by Gasteiger charge is -2.10. The number of hydrogen-bond donors (Lipinski definition) is 2. The van der Waals surface area contributed by atoms with Crippen molar-refractivity contribution in [3.05, 3.63) is 53.8 Å². The molecule has 0 aliphatic heterocycles. The van der Waals surface area contributed by atoms with E-state index < -0.39 is 0 Å². The molecule has 0 amide bonds. The minimum Gasteiger partial charge on any atom is -0.493 e.